The van der Waals surface area contributed by atoms with Gasteiger partial charge in [0, 0.05) is 6.42 Å². The first-order chi connectivity index (χ1) is 19.5. The molecule has 0 N–H and O–H groups in total. The van der Waals surface area contributed by atoms with Gasteiger partial charge in [-0.25, -0.2) is 9.59 Å². The van der Waals surface area contributed by atoms with Gasteiger partial charge in [0.25, 0.3) is 0 Å². The standard InChI is InChI=1S/C34H34O6/c1-4-37-33(35)29-10-6-25(7-11-29)27-14-18-31(19-15-27)39-23-22-24(3)40-32-20-16-28(17-21-32)26-8-12-30(13-9-26)34(36)38-5-2/h6-21,24H,4-5,22-23H2,1-3H3. The molecule has 4 rings (SSSR count). The molecule has 0 fully saturated rings. The van der Waals surface area contributed by atoms with E-state index in [4.69, 9.17) is 18.9 Å². The van der Waals surface area contributed by atoms with Crippen molar-refractivity contribution in [1.82, 2.24) is 0 Å². The van der Waals surface area contributed by atoms with E-state index in [0.29, 0.717) is 30.9 Å². The van der Waals surface area contributed by atoms with Crippen LogP contribution in [0, 0.1) is 0 Å². The largest absolute Gasteiger partial charge is 0.493 e. The molecule has 1 atom stereocenters. The number of hydrogen-bond acceptors (Lipinski definition) is 6. The summed E-state index contributed by atoms with van der Waals surface area (Å²) in [6.07, 6.45) is 0.709. The fraction of sp³-hybridized carbons (Fsp3) is 0.235. The Labute approximate surface area is 235 Å². The minimum Gasteiger partial charge on any atom is -0.493 e. The average Bonchev–Trinajstić information content (AvgIpc) is 2.98. The van der Waals surface area contributed by atoms with E-state index in [1.165, 1.54) is 0 Å². The van der Waals surface area contributed by atoms with E-state index in [0.717, 1.165) is 40.2 Å². The highest BCUT2D eigenvalue weighted by Crippen LogP contribution is 2.25. The molecule has 0 saturated carbocycles. The molecule has 0 radical (unpaired) electrons. The Morgan fingerprint density at radius 3 is 1.35 bits per heavy atom. The quantitative estimate of drug-likeness (QED) is 0.173. The minimum atomic E-state index is -0.313. The first kappa shape index (κ1) is 28.4. The second-order valence-corrected chi connectivity index (χ2v) is 9.21. The van der Waals surface area contributed by atoms with E-state index in [1.54, 1.807) is 38.1 Å². The van der Waals surface area contributed by atoms with Crippen molar-refractivity contribution in [3.8, 4) is 33.8 Å². The molecule has 4 aromatic rings. The van der Waals surface area contributed by atoms with Crippen LogP contribution in [-0.4, -0.2) is 37.9 Å². The van der Waals surface area contributed by atoms with Crippen LogP contribution in [0.3, 0.4) is 0 Å². The number of hydrogen-bond donors (Lipinski definition) is 0. The van der Waals surface area contributed by atoms with E-state index in [9.17, 15) is 9.59 Å². The van der Waals surface area contributed by atoms with Gasteiger partial charge in [0.2, 0.25) is 0 Å². The van der Waals surface area contributed by atoms with Gasteiger partial charge in [-0.2, -0.15) is 0 Å². The third-order valence-corrected chi connectivity index (χ3v) is 6.30. The first-order valence-corrected chi connectivity index (χ1v) is 13.5. The van der Waals surface area contributed by atoms with Crippen molar-refractivity contribution in [2.24, 2.45) is 0 Å². The Kier molecular flexibility index (Phi) is 9.94. The van der Waals surface area contributed by atoms with Crippen molar-refractivity contribution in [1.29, 1.82) is 0 Å². The van der Waals surface area contributed by atoms with Crippen molar-refractivity contribution in [3.05, 3.63) is 108 Å². The highest BCUT2D eigenvalue weighted by molar-refractivity contribution is 5.90. The number of rotatable bonds is 12. The Balaban J connectivity index is 1.23. The molecule has 0 heterocycles. The van der Waals surface area contributed by atoms with Gasteiger partial charge >= 0.3 is 11.9 Å². The normalized spacial score (nSPS) is 11.4. The number of carbonyl (C=O) groups is 2. The Morgan fingerprint density at radius 1 is 0.575 bits per heavy atom. The molecule has 6 nitrogen and oxygen atoms in total. The van der Waals surface area contributed by atoms with E-state index >= 15 is 0 Å². The summed E-state index contributed by atoms with van der Waals surface area (Å²) in [5.41, 5.74) is 5.19. The molecule has 0 aliphatic heterocycles. The van der Waals surface area contributed by atoms with Crippen LogP contribution in [0.5, 0.6) is 11.5 Å². The van der Waals surface area contributed by atoms with Crippen LogP contribution in [0.2, 0.25) is 0 Å². The van der Waals surface area contributed by atoms with Gasteiger partial charge < -0.3 is 18.9 Å². The second kappa shape index (κ2) is 14.0. The molecule has 6 heteroatoms. The molecule has 4 aromatic carbocycles. The van der Waals surface area contributed by atoms with Crippen LogP contribution < -0.4 is 9.47 Å². The van der Waals surface area contributed by atoms with Crippen molar-refractivity contribution < 1.29 is 28.5 Å². The zero-order chi connectivity index (χ0) is 28.3. The highest BCUT2D eigenvalue weighted by atomic mass is 16.5. The van der Waals surface area contributed by atoms with Gasteiger partial charge in [0.05, 0.1) is 37.1 Å². The Hall–Kier alpha value is -4.58. The average molecular weight is 539 g/mol. The molecule has 1 unspecified atom stereocenters. The molecular weight excluding hydrogens is 504 g/mol. The summed E-state index contributed by atoms with van der Waals surface area (Å²) in [5, 5.41) is 0. The number of ether oxygens (including phenoxy) is 4. The topological polar surface area (TPSA) is 71.1 Å². The molecule has 40 heavy (non-hydrogen) atoms. The predicted molar refractivity (Wildman–Crippen MR) is 156 cm³/mol. The maximum atomic E-state index is 11.8. The van der Waals surface area contributed by atoms with E-state index in [-0.39, 0.29) is 18.0 Å². The maximum absolute atomic E-state index is 11.8. The predicted octanol–water partition coefficient (Wildman–Crippen LogP) is 7.61. The monoisotopic (exact) mass is 538 g/mol. The molecule has 0 bridgehead atoms. The van der Waals surface area contributed by atoms with Crippen LogP contribution in [0.1, 0.15) is 47.9 Å². The summed E-state index contributed by atoms with van der Waals surface area (Å²) in [5.74, 6) is 0.953. The van der Waals surface area contributed by atoms with Gasteiger partial charge in [-0.3, -0.25) is 0 Å². The molecule has 0 aromatic heterocycles. The van der Waals surface area contributed by atoms with E-state index in [1.807, 2.05) is 79.7 Å². The third kappa shape index (κ3) is 7.73. The smallest absolute Gasteiger partial charge is 0.338 e. The summed E-state index contributed by atoms with van der Waals surface area (Å²) in [6, 6.07) is 30.5. The molecule has 206 valence electrons. The summed E-state index contributed by atoms with van der Waals surface area (Å²) in [6.45, 7) is 6.85. The third-order valence-electron chi connectivity index (χ3n) is 6.30. The lowest BCUT2D eigenvalue weighted by Gasteiger charge is -2.16. The van der Waals surface area contributed by atoms with Crippen molar-refractivity contribution in [2.75, 3.05) is 19.8 Å². The van der Waals surface area contributed by atoms with Gasteiger partial charge in [-0.05, 0) is 91.6 Å². The fourth-order valence-electron chi connectivity index (χ4n) is 4.13. The highest BCUT2D eigenvalue weighted by Gasteiger charge is 2.09. The molecule has 0 aliphatic carbocycles. The summed E-state index contributed by atoms with van der Waals surface area (Å²) < 4.78 is 22.1. The lowest BCUT2D eigenvalue weighted by molar-refractivity contribution is 0.0517. The van der Waals surface area contributed by atoms with Gasteiger partial charge in [-0.15, -0.1) is 0 Å². The van der Waals surface area contributed by atoms with Gasteiger partial charge in [0.1, 0.15) is 11.5 Å². The molecule has 0 spiro atoms. The number of carbonyl (C=O) groups excluding carboxylic acids is 2. The number of benzene rings is 4. The van der Waals surface area contributed by atoms with Crippen LogP contribution in [-0.2, 0) is 9.47 Å². The molecular formula is C34H34O6. The molecule has 0 amide bonds. The van der Waals surface area contributed by atoms with Gasteiger partial charge in [0.15, 0.2) is 0 Å². The first-order valence-electron chi connectivity index (χ1n) is 13.5. The minimum absolute atomic E-state index is 0.0214. The second-order valence-electron chi connectivity index (χ2n) is 9.21. The van der Waals surface area contributed by atoms with Crippen LogP contribution in [0.15, 0.2) is 97.1 Å². The van der Waals surface area contributed by atoms with E-state index in [2.05, 4.69) is 0 Å². The molecule has 0 aliphatic rings. The maximum Gasteiger partial charge on any atom is 0.338 e. The zero-order valence-corrected chi connectivity index (χ0v) is 23.1. The summed E-state index contributed by atoms with van der Waals surface area (Å²) in [7, 11) is 0. The Bertz CT molecular complexity index is 1370. The van der Waals surface area contributed by atoms with E-state index < -0.39 is 0 Å². The SMILES string of the molecule is CCOC(=O)c1ccc(-c2ccc(OCCC(C)Oc3ccc(-c4ccc(C(=O)OCC)cc4)cc3)cc2)cc1. The van der Waals surface area contributed by atoms with Crippen LogP contribution >= 0.6 is 0 Å². The summed E-state index contributed by atoms with van der Waals surface area (Å²) >= 11 is 0. The van der Waals surface area contributed by atoms with Crippen molar-refractivity contribution >= 4 is 11.9 Å². The van der Waals surface area contributed by atoms with Crippen molar-refractivity contribution in [2.45, 2.75) is 33.3 Å². The lowest BCUT2D eigenvalue weighted by Crippen LogP contribution is -2.15. The van der Waals surface area contributed by atoms with Crippen LogP contribution in [0.4, 0.5) is 0 Å². The lowest BCUT2D eigenvalue weighted by atomic mass is 10.0. The number of esters is 2. The fourth-order valence-corrected chi connectivity index (χ4v) is 4.13. The van der Waals surface area contributed by atoms with Gasteiger partial charge in [-0.1, -0.05) is 48.5 Å². The Morgan fingerprint density at radius 2 is 0.950 bits per heavy atom. The molecule has 0 saturated heterocycles. The summed E-state index contributed by atoms with van der Waals surface area (Å²) in [4.78, 5) is 23.7. The zero-order valence-electron chi connectivity index (χ0n) is 23.1. The van der Waals surface area contributed by atoms with Crippen molar-refractivity contribution in [3.63, 3.8) is 0 Å². The van der Waals surface area contributed by atoms with Crippen LogP contribution in [0.25, 0.3) is 22.3 Å².